The first kappa shape index (κ1) is 31.3. The number of hydrogen-bond acceptors (Lipinski definition) is 6. The second-order valence-corrected chi connectivity index (χ2v) is 12.7. The smallest absolute Gasteiger partial charge is 0.227 e. The van der Waals surface area contributed by atoms with Crippen molar-refractivity contribution >= 4 is 40.0 Å². The molecule has 2 amide bonds. The molecule has 2 heterocycles. The van der Waals surface area contributed by atoms with E-state index in [2.05, 4.69) is 0 Å². The van der Waals surface area contributed by atoms with Gasteiger partial charge in [-0.05, 0) is 54.5 Å². The van der Waals surface area contributed by atoms with Crippen molar-refractivity contribution in [2.75, 3.05) is 38.6 Å². The van der Waals surface area contributed by atoms with Gasteiger partial charge in [-0.15, -0.1) is 0 Å². The van der Waals surface area contributed by atoms with E-state index in [1.165, 1.54) is 0 Å². The Bertz CT molecular complexity index is 1220. The maximum absolute atomic E-state index is 13.9. The zero-order valence-corrected chi connectivity index (χ0v) is 25.0. The third kappa shape index (κ3) is 8.95. The summed E-state index contributed by atoms with van der Waals surface area (Å²) in [6.07, 6.45) is 2.62. The van der Waals surface area contributed by atoms with Crippen molar-refractivity contribution in [1.29, 1.82) is 0 Å². The molecule has 8 nitrogen and oxygen atoms in total. The van der Waals surface area contributed by atoms with Gasteiger partial charge in [0.15, 0.2) is 5.78 Å². The molecule has 2 aliphatic heterocycles. The normalized spacial score (nSPS) is 18.7. The fourth-order valence-corrected chi connectivity index (χ4v) is 7.28. The van der Waals surface area contributed by atoms with Crippen molar-refractivity contribution in [1.82, 2.24) is 9.80 Å². The minimum absolute atomic E-state index is 0.00680. The maximum Gasteiger partial charge on any atom is 0.227 e. The van der Waals surface area contributed by atoms with Gasteiger partial charge in [0.25, 0.3) is 0 Å². The first-order chi connectivity index (χ1) is 19.9. The number of nitrogens with zero attached hydrogens (tertiary/aromatic N) is 2. The van der Waals surface area contributed by atoms with E-state index in [0.29, 0.717) is 69.4 Å². The number of morpholine rings is 1. The summed E-state index contributed by atoms with van der Waals surface area (Å²) in [4.78, 5) is 43.6. The predicted octanol–water partition coefficient (Wildman–Crippen LogP) is 3.50. The number of carbonyl (C=O) groups excluding carboxylic acids is 3. The second-order valence-electron chi connectivity index (χ2n) is 10.7. The third-order valence-electron chi connectivity index (χ3n) is 7.91. The Morgan fingerprint density at radius 1 is 1.02 bits per heavy atom. The molecule has 0 saturated carbocycles. The van der Waals surface area contributed by atoms with Crippen molar-refractivity contribution in [3.05, 3.63) is 70.2 Å². The molecule has 1 unspecified atom stereocenters. The largest absolute Gasteiger partial charge is 0.378 e. The van der Waals surface area contributed by atoms with Gasteiger partial charge in [-0.1, -0.05) is 48.0 Å². The molecule has 2 aliphatic rings. The molecule has 3 atom stereocenters. The van der Waals surface area contributed by atoms with E-state index >= 15 is 0 Å². The van der Waals surface area contributed by atoms with E-state index in [1.807, 2.05) is 42.5 Å². The Hall–Kier alpha value is -2.59. The minimum Gasteiger partial charge on any atom is -0.378 e. The Kier molecular flexibility index (Phi) is 11.9. The van der Waals surface area contributed by atoms with Crippen LogP contribution in [0.4, 0.5) is 0 Å². The fourth-order valence-electron chi connectivity index (χ4n) is 5.64. The zero-order chi connectivity index (χ0) is 29.2. The quantitative estimate of drug-likeness (QED) is 0.376. The van der Waals surface area contributed by atoms with Crippen LogP contribution in [-0.2, 0) is 48.6 Å². The van der Waals surface area contributed by atoms with Crippen molar-refractivity contribution in [2.24, 2.45) is 11.7 Å². The summed E-state index contributed by atoms with van der Waals surface area (Å²) in [5.74, 6) is -0.298. The van der Waals surface area contributed by atoms with Crippen LogP contribution in [0.25, 0.3) is 0 Å². The van der Waals surface area contributed by atoms with Gasteiger partial charge in [0.1, 0.15) is 0 Å². The van der Waals surface area contributed by atoms with E-state index in [0.717, 1.165) is 23.1 Å². The van der Waals surface area contributed by atoms with Gasteiger partial charge in [0.05, 0.1) is 25.2 Å². The molecule has 0 aromatic heterocycles. The predicted molar refractivity (Wildman–Crippen MR) is 161 cm³/mol. The molecule has 2 saturated heterocycles. The van der Waals surface area contributed by atoms with Crippen LogP contribution in [0.5, 0.6) is 0 Å². The number of rotatable bonds is 13. The monoisotopic (exact) mass is 601 g/mol. The Balaban J connectivity index is 1.43. The maximum atomic E-state index is 13.9. The molecular formula is C31H40ClN3O5S. The lowest BCUT2D eigenvalue weighted by Gasteiger charge is -2.30. The molecule has 222 valence electrons. The molecule has 2 aromatic rings. The summed E-state index contributed by atoms with van der Waals surface area (Å²) in [6, 6.07) is 14.5. The standard InChI is InChI=1S/C31H40ClN3O5S/c32-27-11-8-25(20-33)24(19-27)9-12-29(36)28-7-4-14-35(28)31(38)26(10-13-30(37)34-15-17-40-18-16-34)22-41(39)21-23-5-2-1-3-6-23/h1-3,5-6,8,11,19,26,28H,4,7,9-10,12-18,20-22,33H2/t26-,28-,41?/m0/s1. The SMILES string of the molecule is NCc1ccc(Cl)cc1CCC(=O)[C@@H]1CCCN1C(=O)[C@@H](CCC(=O)N1CCOCC1)CS(=O)Cc1ccccc1. The molecule has 2 N–H and O–H groups in total. The van der Waals surface area contributed by atoms with Crippen molar-refractivity contribution in [3.8, 4) is 0 Å². The van der Waals surface area contributed by atoms with Gasteiger partial charge in [-0.3, -0.25) is 18.6 Å². The van der Waals surface area contributed by atoms with Crippen LogP contribution in [-0.4, -0.2) is 76.2 Å². The summed E-state index contributed by atoms with van der Waals surface area (Å²) in [7, 11) is -1.30. The summed E-state index contributed by atoms with van der Waals surface area (Å²) < 4.78 is 18.5. The van der Waals surface area contributed by atoms with Crippen LogP contribution in [0, 0.1) is 5.92 Å². The molecule has 4 rings (SSSR count). The van der Waals surface area contributed by atoms with E-state index in [1.54, 1.807) is 15.9 Å². The number of likely N-dealkylation sites (tertiary alicyclic amines) is 1. The topological polar surface area (TPSA) is 110 Å². The highest BCUT2D eigenvalue weighted by Crippen LogP contribution is 2.26. The van der Waals surface area contributed by atoms with E-state index in [4.69, 9.17) is 22.1 Å². The van der Waals surface area contributed by atoms with Gasteiger partial charge in [0.2, 0.25) is 11.8 Å². The number of aryl methyl sites for hydroxylation is 1. The van der Waals surface area contributed by atoms with E-state index in [9.17, 15) is 18.6 Å². The Morgan fingerprint density at radius 2 is 1.78 bits per heavy atom. The highest BCUT2D eigenvalue weighted by molar-refractivity contribution is 7.84. The number of carbonyl (C=O) groups is 3. The first-order valence-corrected chi connectivity index (χ1v) is 16.3. The average Bonchev–Trinajstić information content (AvgIpc) is 3.49. The van der Waals surface area contributed by atoms with Crippen LogP contribution in [0.2, 0.25) is 5.02 Å². The van der Waals surface area contributed by atoms with E-state index < -0.39 is 22.8 Å². The van der Waals surface area contributed by atoms with Crippen molar-refractivity contribution in [3.63, 3.8) is 0 Å². The van der Waals surface area contributed by atoms with Gasteiger partial charge < -0.3 is 20.3 Å². The number of Topliss-reactive ketones (excluding diaryl/α,β-unsaturated/α-hetero) is 1. The zero-order valence-electron chi connectivity index (χ0n) is 23.5. The lowest BCUT2D eigenvalue weighted by molar-refractivity contribution is -0.141. The summed E-state index contributed by atoms with van der Waals surface area (Å²) in [5, 5.41) is 0.597. The summed E-state index contributed by atoms with van der Waals surface area (Å²) in [6.45, 7) is 2.94. The molecule has 2 fully saturated rings. The molecule has 2 aromatic carbocycles. The highest BCUT2D eigenvalue weighted by Gasteiger charge is 2.37. The fraction of sp³-hybridized carbons (Fsp3) is 0.516. The van der Waals surface area contributed by atoms with Gasteiger partial charge >= 0.3 is 0 Å². The lowest BCUT2D eigenvalue weighted by atomic mass is 9.97. The van der Waals surface area contributed by atoms with Gasteiger partial charge in [0, 0.05) is 66.3 Å². The number of hydrogen-bond donors (Lipinski definition) is 1. The summed E-state index contributed by atoms with van der Waals surface area (Å²) >= 11 is 6.17. The summed E-state index contributed by atoms with van der Waals surface area (Å²) in [5.41, 5.74) is 8.71. The minimum atomic E-state index is -1.30. The highest BCUT2D eigenvalue weighted by atomic mass is 35.5. The number of halogens is 1. The molecular weight excluding hydrogens is 562 g/mol. The number of ether oxygens (including phenoxy) is 1. The molecule has 0 spiro atoms. The molecule has 0 aliphatic carbocycles. The van der Waals surface area contributed by atoms with E-state index in [-0.39, 0.29) is 36.2 Å². The molecule has 0 bridgehead atoms. The molecule has 41 heavy (non-hydrogen) atoms. The van der Waals surface area contributed by atoms with Crippen LogP contribution < -0.4 is 5.73 Å². The number of nitrogens with two attached hydrogens (primary N) is 1. The van der Waals surface area contributed by atoms with Crippen LogP contribution in [0.15, 0.2) is 48.5 Å². The lowest BCUT2D eigenvalue weighted by Crippen LogP contribution is -2.45. The Labute approximate surface area is 250 Å². The van der Waals surface area contributed by atoms with Crippen molar-refractivity contribution < 1.29 is 23.3 Å². The number of amides is 2. The third-order valence-corrected chi connectivity index (χ3v) is 9.58. The number of benzene rings is 2. The Morgan fingerprint density at radius 3 is 2.51 bits per heavy atom. The van der Waals surface area contributed by atoms with Crippen LogP contribution >= 0.6 is 11.6 Å². The number of ketones is 1. The van der Waals surface area contributed by atoms with Crippen LogP contribution in [0.1, 0.15) is 48.8 Å². The first-order valence-electron chi connectivity index (χ1n) is 14.4. The molecule has 10 heteroatoms. The average molecular weight is 602 g/mol. The molecule has 0 radical (unpaired) electrons. The van der Waals surface area contributed by atoms with Gasteiger partial charge in [-0.2, -0.15) is 0 Å². The van der Waals surface area contributed by atoms with Gasteiger partial charge in [-0.25, -0.2) is 0 Å². The van der Waals surface area contributed by atoms with Crippen molar-refractivity contribution in [2.45, 2.75) is 56.9 Å². The second kappa shape index (κ2) is 15.6. The van der Waals surface area contributed by atoms with Crippen LogP contribution in [0.3, 0.4) is 0 Å².